The van der Waals surface area contributed by atoms with Gasteiger partial charge in [-0.2, -0.15) is 0 Å². The van der Waals surface area contributed by atoms with Gasteiger partial charge in [0.15, 0.2) is 5.76 Å². The minimum atomic E-state index is -0.317. The first-order chi connectivity index (χ1) is 11.0. The lowest BCUT2D eigenvalue weighted by Crippen LogP contribution is -2.27. The summed E-state index contributed by atoms with van der Waals surface area (Å²) in [6.45, 7) is 1.97. The Hall–Kier alpha value is -2.18. The van der Waals surface area contributed by atoms with E-state index in [1.54, 1.807) is 18.2 Å². The SMILES string of the molecule is Cc1ccc(N2C(=O)/C(=C/c3ccc(O)c(Br)c3)OC2=S)cc1. The molecule has 0 bridgehead atoms. The number of anilines is 1. The molecule has 1 aliphatic heterocycles. The van der Waals surface area contributed by atoms with Crippen LogP contribution in [0.4, 0.5) is 5.69 Å². The zero-order valence-electron chi connectivity index (χ0n) is 12.1. The maximum Gasteiger partial charge on any atom is 0.301 e. The largest absolute Gasteiger partial charge is 0.507 e. The van der Waals surface area contributed by atoms with E-state index in [1.165, 1.54) is 11.0 Å². The van der Waals surface area contributed by atoms with Crippen LogP contribution < -0.4 is 4.90 Å². The molecule has 3 rings (SSSR count). The van der Waals surface area contributed by atoms with E-state index >= 15 is 0 Å². The molecule has 0 aromatic heterocycles. The van der Waals surface area contributed by atoms with Gasteiger partial charge in [0, 0.05) is 0 Å². The van der Waals surface area contributed by atoms with E-state index in [9.17, 15) is 9.90 Å². The number of halogens is 1. The summed E-state index contributed by atoms with van der Waals surface area (Å²) < 4.78 is 5.97. The monoisotopic (exact) mass is 389 g/mol. The summed E-state index contributed by atoms with van der Waals surface area (Å²) in [5, 5.41) is 9.62. The number of ether oxygens (including phenoxy) is 1. The van der Waals surface area contributed by atoms with Crippen molar-refractivity contribution >= 4 is 51.0 Å². The second-order valence-corrected chi connectivity index (χ2v) is 6.27. The first kappa shape index (κ1) is 15.7. The number of aryl methyl sites for hydroxylation is 1. The average molecular weight is 390 g/mol. The van der Waals surface area contributed by atoms with Gasteiger partial charge < -0.3 is 9.84 Å². The lowest BCUT2D eigenvalue weighted by molar-refractivity contribution is -0.114. The second kappa shape index (κ2) is 6.14. The molecule has 4 nitrogen and oxygen atoms in total. The van der Waals surface area contributed by atoms with Gasteiger partial charge in [-0.05, 0) is 71.0 Å². The highest BCUT2D eigenvalue weighted by Crippen LogP contribution is 2.29. The van der Waals surface area contributed by atoms with Crippen molar-refractivity contribution in [3.63, 3.8) is 0 Å². The number of carbonyl (C=O) groups excluding carboxylic acids is 1. The molecule has 0 spiro atoms. The molecule has 1 saturated heterocycles. The Morgan fingerprint density at radius 1 is 1.22 bits per heavy atom. The number of thiocarbonyl (C=S) groups is 1. The molecule has 116 valence electrons. The first-order valence-corrected chi connectivity index (χ1v) is 7.99. The van der Waals surface area contributed by atoms with Crippen LogP contribution in [0.3, 0.4) is 0 Å². The van der Waals surface area contributed by atoms with Gasteiger partial charge in [0.1, 0.15) is 5.75 Å². The molecule has 6 heteroatoms. The maximum atomic E-state index is 12.5. The number of hydrogen-bond donors (Lipinski definition) is 1. The lowest BCUT2D eigenvalue weighted by atomic mass is 10.2. The highest BCUT2D eigenvalue weighted by Gasteiger charge is 2.34. The number of benzene rings is 2. The van der Waals surface area contributed by atoms with E-state index in [4.69, 9.17) is 17.0 Å². The zero-order chi connectivity index (χ0) is 16.6. The fourth-order valence-corrected chi connectivity index (χ4v) is 2.82. The summed E-state index contributed by atoms with van der Waals surface area (Å²) in [4.78, 5) is 13.9. The molecular weight excluding hydrogens is 378 g/mol. The summed E-state index contributed by atoms with van der Waals surface area (Å²) in [7, 11) is 0. The molecule has 1 fully saturated rings. The van der Waals surface area contributed by atoms with Crippen molar-refractivity contribution in [3.05, 3.63) is 63.8 Å². The number of carbonyl (C=O) groups is 1. The minimum absolute atomic E-state index is 0.1000. The Balaban J connectivity index is 1.92. The van der Waals surface area contributed by atoms with Crippen LogP contribution in [0.25, 0.3) is 6.08 Å². The number of phenols is 1. The van der Waals surface area contributed by atoms with Crippen LogP contribution in [-0.2, 0) is 9.53 Å². The molecule has 0 aliphatic carbocycles. The van der Waals surface area contributed by atoms with Gasteiger partial charge in [0.05, 0.1) is 10.2 Å². The number of rotatable bonds is 2. The molecule has 2 aromatic rings. The number of aromatic hydroxyl groups is 1. The van der Waals surface area contributed by atoms with Gasteiger partial charge in [0.2, 0.25) is 0 Å². The molecule has 0 atom stereocenters. The van der Waals surface area contributed by atoms with Crippen LogP contribution in [0.1, 0.15) is 11.1 Å². The van der Waals surface area contributed by atoms with E-state index in [-0.39, 0.29) is 22.6 Å². The first-order valence-electron chi connectivity index (χ1n) is 6.79. The third-order valence-corrected chi connectivity index (χ3v) is 4.26. The molecule has 0 radical (unpaired) electrons. The third-order valence-electron chi connectivity index (χ3n) is 3.36. The van der Waals surface area contributed by atoms with Gasteiger partial charge in [-0.3, -0.25) is 4.79 Å². The molecule has 1 aliphatic rings. The van der Waals surface area contributed by atoms with E-state index in [0.29, 0.717) is 15.7 Å². The summed E-state index contributed by atoms with van der Waals surface area (Å²) in [6, 6.07) is 12.4. The maximum absolute atomic E-state index is 12.5. The number of phenolic OH excluding ortho intramolecular Hbond substituents is 1. The molecule has 0 saturated carbocycles. The molecule has 23 heavy (non-hydrogen) atoms. The summed E-state index contributed by atoms with van der Waals surface area (Å²) in [5.41, 5.74) is 2.48. The van der Waals surface area contributed by atoms with Crippen molar-refractivity contribution in [1.82, 2.24) is 0 Å². The fourth-order valence-electron chi connectivity index (χ4n) is 2.15. The van der Waals surface area contributed by atoms with Crippen LogP contribution in [0.2, 0.25) is 0 Å². The van der Waals surface area contributed by atoms with E-state index in [0.717, 1.165) is 5.56 Å². The predicted molar refractivity (Wildman–Crippen MR) is 96.1 cm³/mol. The molecule has 1 amide bonds. The molecule has 0 unspecified atom stereocenters. The number of hydrogen-bond acceptors (Lipinski definition) is 4. The van der Waals surface area contributed by atoms with Gasteiger partial charge >= 0.3 is 5.91 Å². The lowest BCUT2D eigenvalue weighted by Gasteiger charge is -2.12. The van der Waals surface area contributed by atoms with Gasteiger partial charge in [-0.15, -0.1) is 0 Å². The average Bonchev–Trinajstić information content (AvgIpc) is 2.79. The quantitative estimate of drug-likeness (QED) is 0.618. The topological polar surface area (TPSA) is 49.8 Å². The standard InChI is InChI=1S/C17H12BrNO3S/c1-10-2-5-12(6-3-10)19-16(21)15(22-17(19)23)9-11-4-7-14(20)13(18)8-11/h2-9,20H,1H3/b15-9-. The van der Waals surface area contributed by atoms with E-state index in [2.05, 4.69) is 15.9 Å². The Morgan fingerprint density at radius 3 is 2.57 bits per heavy atom. The Labute approximate surface area is 147 Å². The summed E-state index contributed by atoms with van der Waals surface area (Å²) in [6.07, 6.45) is 1.59. The van der Waals surface area contributed by atoms with Crippen molar-refractivity contribution in [3.8, 4) is 5.75 Å². The van der Waals surface area contributed by atoms with E-state index < -0.39 is 0 Å². The minimum Gasteiger partial charge on any atom is -0.507 e. The molecule has 1 N–H and O–H groups in total. The number of amides is 1. The van der Waals surface area contributed by atoms with Crippen molar-refractivity contribution in [1.29, 1.82) is 0 Å². The van der Waals surface area contributed by atoms with Crippen LogP contribution in [0.15, 0.2) is 52.7 Å². The smallest absolute Gasteiger partial charge is 0.301 e. The molecular formula is C17H12BrNO3S. The van der Waals surface area contributed by atoms with Crippen molar-refractivity contribution in [2.45, 2.75) is 6.92 Å². The van der Waals surface area contributed by atoms with E-state index in [1.807, 2.05) is 31.2 Å². The Morgan fingerprint density at radius 2 is 1.91 bits per heavy atom. The highest BCUT2D eigenvalue weighted by atomic mass is 79.9. The van der Waals surface area contributed by atoms with Gasteiger partial charge in [-0.25, -0.2) is 4.90 Å². The predicted octanol–water partition coefficient (Wildman–Crippen LogP) is 4.15. The molecule has 1 heterocycles. The third kappa shape index (κ3) is 3.13. The van der Waals surface area contributed by atoms with Crippen molar-refractivity contribution in [2.75, 3.05) is 4.90 Å². The Kier molecular flexibility index (Phi) is 4.19. The van der Waals surface area contributed by atoms with Crippen LogP contribution in [-0.4, -0.2) is 16.2 Å². The van der Waals surface area contributed by atoms with Crippen LogP contribution in [0, 0.1) is 6.92 Å². The van der Waals surface area contributed by atoms with Crippen molar-refractivity contribution < 1.29 is 14.6 Å². The van der Waals surface area contributed by atoms with Crippen LogP contribution >= 0.6 is 28.1 Å². The summed E-state index contributed by atoms with van der Waals surface area (Å²) >= 11 is 8.40. The fraction of sp³-hybridized carbons (Fsp3) is 0.0588. The highest BCUT2D eigenvalue weighted by molar-refractivity contribution is 9.10. The normalized spacial score (nSPS) is 16.1. The molecule has 2 aromatic carbocycles. The van der Waals surface area contributed by atoms with Gasteiger partial charge in [0.25, 0.3) is 5.17 Å². The van der Waals surface area contributed by atoms with Crippen LogP contribution in [0.5, 0.6) is 5.75 Å². The van der Waals surface area contributed by atoms with Crippen molar-refractivity contribution in [2.24, 2.45) is 0 Å². The Bertz CT molecular complexity index is 830. The van der Waals surface area contributed by atoms with Gasteiger partial charge in [-0.1, -0.05) is 23.8 Å². The zero-order valence-corrected chi connectivity index (χ0v) is 14.5. The number of nitrogens with zero attached hydrogens (tertiary/aromatic N) is 1. The second-order valence-electron chi connectivity index (χ2n) is 5.06. The summed E-state index contributed by atoms with van der Waals surface area (Å²) in [5.74, 6) is -0.0427.